The van der Waals surface area contributed by atoms with Gasteiger partial charge in [0, 0.05) is 72.0 Å². The Hall–Kier alpha value is -3.52. The quantitative estimate of drug-likeness (QED) is 0.0316. The molecule has 0 aliphatic carbocycles. The summed E-state index contributed by atoms with van der Waals surface area (Å²) in [4.78, 5) is 56.7. The summed E-state index contributed by atoms with van der Waals surface area (Å²) in [6.45, 7) is 55.1. The Balaban J connectivity index is -0.0000000975. The number of allylic oxidation sites excluding steroid dienone is 2. The maximum Gasteiger partial charge on any atom is 0.222 e. The fraction of sp³-hybridized carbons (Fsp3) is 0.846. The minimum atomic E-state index is -0.241. The second-order valence-electron chi connectivity index (χ2n) is 20.9. The summed E-state index contributed by atoms with van der Waals surface area (Å²) in [5, 5.41) is 18.0. The number of nitrogens with zero attached hydrogens (tertiary/aromatic N) is 1. The molecule has 12 N–H and O–H groups in total. The molecule has 0 aromatic carbocycles. The lowest BCUT2D eigenvalue weighted by molar-refractivity contribution is -0.125. The molecule has 0 aromatic heterocycles. The standard InChI is InChI=1S/2C8H16O.C7H18N2.C7H16N2.2C7H15NO.2C4H9NO/c2*1-6(2)5-8(9)7(3)4;2*1-5(2)7(8)9-6(3)4;2*1-5(2)7(9)8-6(3)4;2*1-3(2)4(5)6/h6-7H,5H2,1-4H3;5-7,9H,1-4H3;5-7,9H,8H2,1-4H3;5-6H,1-4H3,(H2,8,9);2*5-6H,1-4H3,(H,8,9);2*3H,1-2H3,(H2,5,6)/b;8-5-;;;;;;. The van der Waals surface area contributed by atoms with E-state index in [0.717, 1.165) is 12.3 Å². The normalized spacial score (nSPS) is 11.7. The lowest BCUT2D eigenvalue weighted by Crippen LogP contribution is -2.45. The van der Waals surface area contributed by atoms with Crippen molar-refractivity contribution >= 4 is 35.2 Å². The number of carbonyl (C=O) groups is 5. The van der Waals surface area contributed by atoms with Gasteiger partial charge < -0.3 is 38.7 Å². The van der Waals surface area contributed by atoms with Crippen LogP contribution in [-0.2, 0) is 24.0 Å². The molecule has 0 rings (SSSR count). The molecule has 14 nitrogen and oxygen atoms in total. The van der Waals surface area contributed by atoms with Crippen LogP contribution in [0.2, 0.25) is 0 Å². The van der Waals surface area contributed by atoms with Crippen LogP contribution >= 0.6 is 0 Å². The minimum absolute atomic E-state index is 0.00926. The number of nitrogens with one attached hydrogen (secondary N) is 3. The van der Waals surface area contributed by atoms with Crippen LogP contribution in [0.1, 0.15) is 200 Å². The van der Waals surface area contributed by atoms with E-state index in [1.165, 1.54) is 0 Å². The summed E-state index contributed by atoms with van der Waals surface area (Å²) in [5.41, 5.74) is 20.9. The predicted molar refractivity (Wildman–Crippen MR) is 287 cm³/mol. The van der Waals surface area contributed by atoms with Crippen LogP contribution in [0.25, 0.3) is 0 Å². The fourth-order valence-electron chi connectivity index (χ4n) is 3.10. The minimum Gasteiger partial charge on any atom is -0.512 e. The molecule has 0 spiro atoms. The van der Waals surface area contributed by atoms with Gasteiger partial charge in [-0.1, -0.05) is 138 Å². The van der Waals surface area contributed by atoms with E-state index in [2.05, 4.69) is 76.3 Å². The van der Waals surface area contributed by atoms with E-state index in [1.54, 1.807) is 27.7 Å². The van der Waals surface area contributed by atoms with E-state index >= 15 is 0 Å². The Morgan fingerprint density at radius 3 is 0.879 bits per heavy atom. The van der Waals surface area contributed by atoms with Gasteiger partial charge >= 0.3 is 0 Å². The number of amides is 4. The van der Waals surface area contributed by atoms with E-state index in [9.17, 15) is 24.0 Å². The van der Waals surface area contributed by atoms with Gasteiger partial charge in [0.15, 0.2) is 0 Å². The third-order valence-electron chi connectivity index (χ3n) is 7.64. The summed E-state index contributed by atoms with van der Waals surface area (Å²) in [6, 6.07) is 1.34. The highest BCUT2D eigenvalue weighted by molar-refractivity contribution is 5.82. The van der Waals surface area contributed by atoms with Crippen LogP contribution in [-0.4, -0.2) is 70.7 Å². The van der Waals surface area contributed by atoms with Crippen molar-refractivity contribution in [2.45, 2.75) is 231 Å². The van der Waals surface area contributed by atoms with Gasteiger partial charge in [-0.05, 0) is 79.2 Å². The second-order valence-corrected chi connectivity index (χ2v) is 20.9. The van der Waals surface area contributed by atoms with Crippen molar-refractivity contribution in [1.29, 1.82) is 0 Å². The molecule has 0 heterocycles. The van der Waals surface area contributed by atoms with Crippen molar-refractivity contribution in [2.24, 2.45) is 87.1 Å². The van der Waals surface area contributed by atoms with Gasteiger partial charge in [-0.2, -0.15) is 0 Å². The largest absolute Gasteiger partial charge is 0.512 e. The van der Waals surface area contributed by atoms with Crippen molar-refractivity contribution in [3.05, 3.63) is 11.8 Å². The zero-order valence-corrected chi connectivity index (χ0v) is 48.2. The van der Waals surface area contributed by atoms with Crippen LogP contribution in [0.3, 0.4) is 0 Å². The molecule has 0 aromatic rings. The number of carbonyl (C=O) groups excluding carboxylic acids is 5. The molecule has 0 saturated heterocycles. The van der Waals surface area contributed by atoms with Gasteiger partial charge in [0.1, 0.15) is 5.78 Å². The number of aliphatic imine (C=N–C) groups is 1. The van der Waals surface area contributed by atoms with Crippen molar-refractivity contribution in [3.8, 4) is 0 Å². The first-order valence-electron chi connectivity index (χ1n) is 24.5. The predicted octanol–water partition coefficient (Wildman–Crippen LogP) is 9.92. The van der Waals surface area contributed by atoms with Crippen molar-refractivity contribution in [2.75, 3.05) is 0 Å². The molecule has 1 atom stereocenters. The molecule has 0 saturated carbocycles. The van der Waals surface area contributed by atoms with E-state index in [0.29, 0.717) is 47.3 Å². The van der Waals surface area contributed by atoms with Crippen LogP contribution in [0.5, 0.6) is 0 Å². The lowest BCUT2D eigenvalue weighted by Gasteiger charge is -2.19. The summed E-state index contributed by atoms with van der Waals surface area (Å²) in [6.07, 6.45) is 2.76. The molecule has 0 aliphatic rings. The van der Waals surface area contributed by atoms with E-state index in [4.69, 9.17) is 28.0 Å². The number of amidine groups is 1. The summed E-state index contributed by atoms with van der Waals surface area (Å²) in [5.74, 6) is 3.96. The van der Waals surface area contributed by atoms with Crippen LogP contribution in [0, 0.1) is 59.2 Å². The first kappa shape index (κ1) is 79.6. The fourth-order valence-corrected chi connectivity index (χ4v) is 3.10. The molecular weight excluding hydrogens is 833 g/mol. The maximum absolute atomic E-state index is 11.0. The number of Topliss-reactive ketones (excluding diaryl/α,β-unsaturated/α-hetero) is 1. The molecule has 398 valence electrons. The van der Waals surface area contributed by atoms with Crippen LogP contribution in [0.15, 0.2) is 16.8 Å². The Labute approximate surface area is 408 Å². The third kappa shape index (κ3) is 77.7. The Bertz CT molecular complexity index is 1140. The molecule has 1 unspecified atom stereocenters. The smallest absolute Gasteiger partial charge is 0.222 e. The summed E-state index contributed by atoms with van der Waals surface area (Å²) >= 11 is 0. The second kappa shape index (κ2) is 48.0. The number of hydrogen-bond donors (Lipinski definition) is 8. The SMILES string of the molecule is CC(C)/C=C(\O)C(C)C.CC(C)C(N)=O.CC(C)C(N)=O.CC(C)CC(=O)C(C)C.CC(C)N=C(N)C(C)C.CC(C)NC(=O)C(C)C.CC(C)NC(=O)C(C)C.CC(C)NC(N)C(C)C. The molecule has 66 heavy (non-hydrogen) atoms. The van der Waals surface area contributed by atoms with Crippen molar-refractivity contribution < 1.29 is 29.1 Å². The molecule has 0 radical (unpaired) electrons. The Kier molecular flexibility index (Phi) is 57.8. The molecule has 4 amide bonds. The van der Waals surface area contributed by atoms with Gasteiger partial charge in [-0.25, -0.2) is 0 Å². The number of primary amides is 2. The van der Waals surface area contributed by atoms with Gasteiger partial charge in [-0.15, -0.1) is 0 Å². The van der Waals surface area contributed by atoms with Gasteiger partial charge in [0.25, 0.3) is 0 Å². The first-order chi connectivity index (χ1) is 29.5. The summed E-state index contributed by atoms with van der Waals surface area (Å²) < 4.78 is 0. The number of ketones is 1. The average molecular weight is 948 g/mol. The maximum atomic E-state index is 11.0. The molecule has 0 bridgehead atoms. The zero-order valence-electron chi connectivity index (χ0n) is 48.2. The van der Waals surface area contributed by atoms with Gasteiger partial charge in [-0.3, -0.25) is 34.3 Å². The Morgan fingerprint density at radius 2 is 0.803 bits per heavy atom. The highest BCUT2D eigenvalue weighted by Crippen LogP contribution is 2.08. The average Bonchev–Trinajstić information content (AvgIpc) is 3.11. The third-order valence-corrected chi connectivity index (χ3v) is 7.64. The van der Waals surface area contributed by atoms with E-state index in [1.807, 2.05) is 117 Å². The molecular formula is C52H114N8O6. The number of aliphatic hydroxyl groups excluding tert-OH is 1. The lowest BCUT2D eigenvalue weighted by atomic mass is 9.99. The van der Waals surface area contributed by atoms with Crippen molar-refractivity contribution in [1.82, 2.24) is 16.0 Å². The zero-order chi connectivity index (χ0) is 54.9. The molecule has 0 fully saturated rings. The topological polar surface area (TPSA) is 258 Å². The van der Waals surface area contributed by atoms with Crippen LogP contribution in [0.4, 0.5) is 0 Å². The van der Waals surface area contributed by atoms with E-state index < -0.39 is 0 Å². The number of aliphatic hydroxyl groups is 1. The number of hydrogen-bond acceptors (Lipinski definition) is 9. The number of rotatable bonds is 16. The first-order valence-corrected chi connectivity index (χ1v) is 24.5. The number of nitrogens with two attached hydrogens (primary N) is 4. The molecule has 14 heteroatoms. The van der Waals surface area contributed by atoms with Crippen molar-refractivity contribution in [3.63, 3.8) is 0 Å². The van der Waals surface area contributed by atoms with Gasteiger partial charge in [0.2, 0.25) is 23.6 Å². The van der Waals surface area contributed by atoms with Gasteiger partial charge in [0.05, 0.1) is 17.8 Å². The highest BCUT2D eigenvalue weighted by atomic mass is 16.3. The van der Waals surface area contributed by atoms with E-state index in [-0.39, 0.29) is 77.4 Å². The molecule has 0 aliphatic heterocycles. The summed E-state index contributed by atoms with van der Waals surface area (Å²) in [7, 11) is 0. The van der Waals surface area contributed by atoms with Crippen LogP contribution < -0.4 is 38.9 Å². The highest BCUT2D eigenvalue weighted by Gasteiger charge is 2.09. The Morgan fingerprint density at radius 1 is 0.485 bits per heavy atom. The monoisotopic (exact) mass is 947 g/mol.